The molecular weight excluding hydrogens is 290 g/mol. The fourth-order valence-corrected chi connectivity index (χ4v) is 2.67. The normalized spacial score (nSPS) is 13.1. The number of ether oxygens (including phenoxy) is 1. The molecule has 0 spiro atoms. The molecule has 0 amide bonds. The van der Waals surface area contributed by atoms with E-state index in [1.807, 2.05) is 31.2 Å². The molecule has 114 valence electrons. The molecule has 0 aliphatic carbocycles. The number of hydrogen-bond donors (Lipinski definition) is 2. The Morgan fingerprint density at radius 3 is 2.48 bits per heavy atom. The van der Waals surface area contributed by atoms with E-state index < -0.39 is 15.1 Å². The zero-order chi connectivity index (χ0) is 15.6. The van der Waals surface area contributed by atoms with Crippen LogP contribution in [0.5, 0.6) is 5.75 Å². The third-order valence-electron chi connectivity index (χ3n) is 3.33. The third kappa shape index (κ3) is 3.18. The Morgan fingerprint density at radius 1 is 1.33 bits per heavy atom. The van der Waals surface area contributed by atoms with Crippen LogP contribution in [0.2, 0.25) is 0 Å². The number of nitrogen functional groups attached to an aromatic ring is 1. The van der Waals surface area contributed by atoms with Gasteiger partial charge in [-0.1, -0.05) is 12.1 Å². The summed E-state index contributed by atoms with van der Waals surface area (Å²) in [6.45, 7) is 4.11. The number of aromatic amines is 1. The van der Waals surface area contributed by atoms with Gasteiger partial charge in [0.1, 0.15) is 11.0 Å². The van der Waals surface area contributed by atoms with E-state index in [-0.39, 0.29) is 5.82 Å². The lowest BCUT2D eigenvalue weighted by atomic mass is 10.0. The number of H-pyrrole nitrogens is 1. The van der Waals surface area contributed by atoms with Gasteiger partial charge < -0.3 is 10.5 Å². The number of anilines is 1. The number of nitrogens with two attached hydrogens (primary N) is 1. The maximum Gasteiger partial charge on any atom is 0.155 e. The average molecular weight is 309 g/mol. The maximum absolute atomic E-state index is 11.8. The van der Waals surface area contributed by atoms with Gasteiger partial charge in [0.05, 0.1) is 12.3 Å². The van der Waals surface area contributed by atoms with Crippen molar-refractivity contribution in [1.82, 2.24) is 10.2 Å². The van der Waals surface area contributed by atoms with Gasteiger partial charge in [0, 0.05) is 11.8 Å². The van der Waals surface area contributed by atoms with Crippen molar-refractivity contribution >= 4 is 15.7 Å². The first-order valence-corrected chi connectivity index (χ1v) is 8.56. The van der Waals surface area contributed by atoms with Crippen molar-refractivity contribution in [3.05, 3.63) is 30.0 Å². The van der Waals surface area contributed by atoms with Gasteiger partial charge in [-0.15, -0.1) is 0 Å². The predicted molar refractivity (Wildman–Crippen MR) is 82.9 cm³/mol. The molecule has 2 rings (SSSR count). The SMILES string of the molecule is CCOc1ccc(-c2c(N)n[nH]c2C(C)S(C)(=O)=O)cc1. The van der Waals surface area contributed by atoms with Gasteiger partial charge in [0.2, 0.25) is 0 Å². The molecule has 0 bridgehead atoms. The predicted octanol–water partition coefficient (Wildman–Crippen LogP) is 2.16. The topological polar surface area (TPSA) is 98.1 Å². The monoisotopic (exact) mass is 309 g/mol. The number of nitrogens with one attached hydrogen (secondary N) is 1. The molecule has 0 saturated carbocycles. The summed E-state index contributed by atoms with van der Waals surface area (Å²) in [6, 6.07) is 7.32. The van der Waals surface area contributed by atoms with E-state index in [9.17, 15) is 8.42 Å². The molecular formula is C14H19N3O3S. The Kier molecular flexibility index (Phi) is 4.22. The van der Waals surface area contributed by atoms with Crippen molar-refractivity contribution in [3.63, 3.8) is 0 Å². The molecule has 0 aliphatic rings. The van der Waals surface area contributed by atoms with Crippen LogP contribution in [0, 0.1) is 0 Å². The van der Waals surface area contributed by atoms with Crippen molar-refractivity contribution in [3.8, 4) is 16.9 Å². The van der Waals surface area contributed by atoms with E-state index >= 15 is 0 Å². The van der Waals surface area contributed by atoms with Gasteiger partial charge >= 0.3 is 0 Å². The zero-order valence-electron chi connectivity index (χ0n) is 12.3. The van der Waals surface area contributed by atoms with Gasteiger partial charge in [0.25, 0.3) is 0 Å². The molecule has 0 radical (unpaired) electrons. The van der Waals surface area contributed by atoms with Gasteiger partial charge in [0.15, 0.2) is 15.7 Å². The molecule has 2 aromatic rings. The number of benzene rings is 1. The van der Waals surface area contributed by atoms with Crippen molar-refractivity contribution in [2.45, 2.75) is 19.1 Å². The van der Waals surface area contributed by atoms with Gasteiger partial charge in [-0.05, 0) is 31.5 Å². The van der Waals surface area contributed by atoms with Crippen LogP contribution in [0.1, 0.15) is 24.8 Å². The molecule has 21 heavy (non-hydrogen) atoms. The second-order valence-corrected chi connectivity index (χ2v) is 7.19. The molecule has 7 heteroatoms. The zero-order valence-corrected chi connectivity index (χ0v) is 13.1. The van der Waals surface area contributed by atoms with Crippen molar-refractivity contribution in [2.75, 3.05) is 18.6 Å². The minimum atomic E-state index is -3.24. The summed E-state index contributed by atoms with van der Waals surface area (Å²) in [5, 5.41) is 5.97. The van der Waals surface area contributed by atoms with E-state index in [1.165, 1.54) is 6.26 Å². The largest absolute Gasteiger partial charge is 0.494 e. The number of hydrogen-bond acceptors (Lipinski definition) is 5. The molecule has 1 atom stereocenters. The summed E-state index contributed by atoms with van der Waals surface area (Å²) >= 11 is 0. The lowest BCUT2D eigenvalue weighted by Crippen LogP contribution is -2.09. The highest BCUT2D eigenvalue weighted by molar-refractivity contribution is 7.90. The first-order valence-electron chi connectivity index (χ1n) is 6.60. The third-order valence-corrected chi connectivity index (χ3v) is 4.85. The number of aromatic nitrogens is 2. The number of rotatable bonds is 5. The molecule has 1 aromatic heterocycles. The number of sulfone groups is 1. The van der Waals surface area contributed by atoms with Crippen LogP contribution in [-0.2, 0) is 9.84 Å². The Bertz CT molecular complexity index is 720. The Morgan fingerprint density at radius 2 is 1.95 bits per heavy atom. The molecule has 0 fully saturated rings. The van der Waals surface area contributed by atoms with Crippen molar-refractivity contribution in [1.29, 1.82) is 0 Å². The minimum absolute atomic E-state index is 0.282. The molecule has 0 saturated heterocycles. The summed E-state index contributed by atoms with van der Waals surface area (Å²) in [5.41, 5.74) is 7.80. The van der Waals surface area contributed by atoms with Gasteiger partial charge in [-0.25, -0.2) is 8.42 Å². The fraction of sp³-hybridized carbons (Fsp3) is 0.357. The van der Waals surface area contributed by atoms with Crippen LogP contribution in [0.3, 0.4) is 0 Å². The average Bonchev–Trinajstić information content (AvgIpc) is 2.80. The summed E-state index contributed by atoms with van der Waals surface area (Å²) in [4.78, 5) is 0. The van der Waals surface area contributed by atoms with E-state index in [0.29, 0.717) is 17.9 Å². The van der Waals surface area contributed by atoms with E-state index in [4.69, 9.17) is 10.5 Å². The van der Waals surface area contributed by atoms with Crippen LogP contribution in [-0.4, -0.2) is 31.5 Å². The Balaban J connectivity index is 2.46. The molecule has 1 heterocycles. The molecule has 6 nitrogen and oxygen atoms in total. The summed E-state index contributed by atoms with van der Waals surface area (Å²) in [6.07, 6.45) is 1.19. The first-order chi connectivity index (χ1) is 9.84. The van der Waals surface area contributed by atoms with Gasteiger partial charge in [-0.2, -0.15) is 5.10 Å². The molecule has 1 unspecified atom stereocenters. The lowest BCUT2D eigenvalue weighted by molar-refractivity contribution is 0.340. The van der Waals surface area contributed by atoms with Crippen LogP contribution >= 0.6 is 0 Å². The van der Waals surface area contributed by atoms with E-state index in [0.717, 1.165) is 11.3 Å². The second-order valence-electron chi connectivity index (χ2n) is 4.83. The van der Waals surface area contributed by atoms with E-state index in [1.54, 1.807) is 6.92 Å². The smallest absolute Gasteiger partial charge is 0.155 e. The van der Waals surface area contributed by atoms with Crippen molar-refractivity contribution < 1.29 is 13.2 Å². The number of nitrogens with zero attached hydrogens (tertiary/aromatic N) is 1. The fourth-order valence-electron chi connectivity index (χ4n) is 2.07. The Hall–Kier alpha value is -2.02. The van der Waals surface area contributed by atoms with Crippen molar-refractivity contribution in [2.24, 2.45) is 0 Å². The quantitative estimate of drug-likeness (QED) is 0.882. The first kappa shape index (κ1) is 15.4. The summed E-state index contributed by atoms with van der Waals surface area (Å²) in [7, 11) is -3.24. The minimum Gasteiger partial charge on any atom is -0.494 e. The highest BCUT2D eigenvalue weighted by Gasteiger charge is 2.25. The highest BCUT2D eigenvalue weighted by atomic mass is 32.2. The van der Waals surface area contributed by atoms with Crippen LogP contribution < -0.4 is 10.5 Å². The molecule has 1 aromatic carbocycles. The maximum atomic E-state index is 11.8. The van der Waals surface area contributed by atoms with Crippen LogP contribution in [0.15, 0.2) is 24.3 Å². The highest BCUT2D eigenvalue weighted by Crippen LogP contribution is 2.34. The van der Waals surface area contributed by atoms with E-state index in [2.05, 4.69) is 10.2 Å². The summed E-state index contributed by atoms with van der Waals surface area (Å²) in [5.74, 6) is 1.03. The second kappa shape index (κ2) is 5.77. The van der Waals surface area contributed by atoms with Crippen LogP contribution in [0.4, 0.5) is 5.82 Å². The van der Waals surface area contributed by atoms with Crippen LogP contribution in [0.25, 0.3) is 11.1 Å². The lowest BCUT2D eigenvalue weighted by Gasteiger charge is -2.11. The standard InChI is InChI=1S/C14H19N3O3S/c1-4-20-11-7-5-10(6-8-11)12-13(16-17-14(12)15)9(2)21(3,18)19/h5-9H,4H2,1-3H3,(H3,15,16,17). The Labute approximate surface area is 124 Å². The molecule has 3 N–H and O–H groups in total. The summed E-state index contributed by atoms with van der Waals surface area (Å²) < 4.78 is 28.9. The van der Waals surface area contributed by atoms with Gasteiger partial charge in [-0.3, -0.25) is 5.10 Å². The molecule has 0 aliphatic heterocycles.